The molecule has 1 spiro atoms. The largest absolute Gasteiger partial charge is 0.444 e. The molecule has 12 nitrogen and oxygen atoms in total. The zero-order valence-corrected chi connectivity index (χ0v) is 23.8. The molecule has 1 aromatic carbocycles. The Morgan fingerprint density at radius 3 is 2.29 bits per heavy atom. The van der Waals surface area contributed by atoms with Crippen molar-refractivity contribution in [3.05, 3.63) is 29.3 Å². The number of likely N-dealkylation sites (tertiary alicyclic amines) is 1. The summed E-state index contributed by atoms with van der Waals surface area (Å²) in [4.78, 5) is 80.2. The summed E-state index contributed by atoms with van der Waals surface area (Å²) < 4.78 is 5.20. The first kappa shape index (κ1) is 28.6. The number of fused-ring (bicyclic) bond motifs is 1. The van der Waals surface area contributed by atoms with E-state index in [0.717, 1.165) is 30.6 Å². The highest BCUT2D eigenvalue weighted by Crippen LogP contribution is 2.43. The summed E-state index contributed by atoms with van der Waals surface area (Å²) in [5.41, 5.74) is 0.740. The number of anilines is 1. The van der Waals surface area contributed by atoms with Gasteiger partial charge in [-0.15, -0.1) is 0 Å². The minimum Gasteiger partial charge on any atom is -0.444 e. The Morgan fingerprint density at radius 2 is 1.66 bits per heavy atom. The van der Waals surface area contributed by atoms with Gasteiger partial charge in [-0.2, -0.15) is 0 Å². The predicted octanol–water partition coefficient (Wildman–Crippen LogP) is 1.82. The monoisotopic (exact) mass is 567 g/mol. The first-order valence-corrected chi connectivity index (χ1v) is 14.2. The normalized spacial score (nSPS) is 22.5. The van der Waals surface area contributed by atoms with Crippen molar-refractivity contribution in [2.45, 2.75) is 70.9 Å². The Labute approximate surface area is 238 Å². The Kier molecular flexibility index (Phi) is 7.52. The van der Waals surface area contributed by atoms with Gasteiger partial charge in [-0.25, -0.2) is 4.79 Å². The topological polar surface area (TPSA) is 145 Å². The van der Waals surface area contributed by atoms with E-state index >= 15 is 0 Å². The average Bonchev–Trinajstić information content (AvgIpc) is 3.17. The third-order valence-electron chi connectivity index (χ3n) is 8.57. The van der Waals surface area contributed by atoms with Crippen LogP contribution in [0.25, 0.3) is 0 Å². The fraction of sp³-hybridized carbons (Fsp3) is 0.586. The van der Waals surface area contributed by atoms with Gasteiger partial charge < -0.3 is 19.9 Å². The fourth-order valence-electron chi connectivity index (χ4n) is 6.29. The molecule has 12 heteroatoms. The summed E-state index contributed by atoms with van der Waals surface area (Å²) in [6.45, 7) is 7.83. The van der Waals surface area contributed by atoms with E-state index < -0.39 is 41.4 Å². The van der Waals surface area contributed by atoms with E-state index in [1.807, 2.05) is 6.07 Å². The lowest BCUT2D eigenvalue weighted by Crippen LogP contribution is -2.54. The Hall–Kier alpha value is -3.96. The van der Waals surface area contributed by atoms with Crippen LogP contribution in [0.5, 0.6) is 0 Å². The maximum absolute atomic E-state index is 13.5. The van der Waals surface area contributed by atoms with Gasteiger partial charge in [0.1, 0.15) is 18.2 Å². The molecule has 0 aromatic heterocycles. The molecule has 41 heavy (non-hydrogen) atoms. The van der Waals surface area contributed by atoms with Crippen molar-refractivity contribution in [2.24, 2.45) is 5.41 Å². The standard InChI is InChI=1S/C29H37N5O7/c1-28(2,3)41-27(40)30-17-22(36)33-15-11-29(12-16-33)9-13-32(14-10-29)19-6-4-5-18-23(19)26(39)34(25(18)38)20-7-8-21(35)31-24(20)37/h4-6,20H,7-17H2,1-3H3,(H,30,40)(H,31,35,37). The molecule has 220 valence electrons. The van der Waals surface area contributed by atoms with Crippen molar-refractivity contribution in [1.29, 1.82) is 0 Å². The number of imide groups is 2. The van der Waals surface area contributed by atoms with E-state index in [4.69, 9.17) is 4.74 Å². The van der Waals surface area contributed by atoms with Gasteiger partial charge in [0.25, 0.3) is 11.8 Å². The Morgan fingerprint density at radius 1 is 1.00 bits per heavy atom. The minimum absolute atomic E-state index is 0.0775. The number of hydrogen-bond acceptors (Lipinski definition) is 8. The maximum Gasteiger partial charge on any atom is 0.408 e. The number of hydrogen-bond donors (Lipinski definition) is 2. The van der Waals surface area contributed by atoms with Crippen LogP contribution >= 0.6 is 0 Å². The molecule has 2 N–H and O–H groups in total. The summed E-state index contributed by atoms with van der Waals surface area (Å²) in [6.07, 6.45) is 3.06. The third-order valence-corrected chi connectivity index (χ3v) is 8.57. The van der Waals surface area contributed by atoms with Crippen LogP contribution in [0, 0.1) is 5.41 Å². The van der Waals surface area contributed by atoms with E-state index in [9.17, 15) is 28.8 Å². The van der Waals surface area contributed by atoms with Crippen molar-refractivity contribution in [3.63, 3.8) is 0 Å². The van der Waals surface area contributed by atoms with Crippen LogP contribution in [0.4, 0.5) is 10.5 Å². The first-order valence-electron chi connectivity index (χ1n) is 14.2. The van der Waals surface area contributed by atoms with Crippen LogP contribution in [-0.2, 0) is 19.1 Å². The molecule has 1 unspecified atom stereocenters. The molecular weight excluding hydrogens is 530 g/mol. The summed E-state index contributed by atoms with van der Waals surface area (Å²) in [5, 5.41) is 4.77. The fourth-order valence-corrected chi connectivity index (χ4v) is 6.29. The maximum atomic E-state index is 13.5. The van der Waals surface area contributed by atoms with Gasteiger partial charge in [0.05, 0.1) is 16.8 Å². The van der Waals surface area contributed by atoms with Gasteiger partial charge in [-0.1, -0.05) is 6.07 Å². The number of nitrogens with one attached hydrogen (secondary N) is 2. The Balaban J connectivity index is 1.18. The number of carbonyl (C=O) groups excluding carboxylic acids is 6. The molecule has 0 saturated carbocycles. The van der Waals surface area contributed by atoms with E-state index in [2.05, 4.69) is 15.5 Å². The van der Waals surface area contributed by atoms with Crippen molar-refractivity contribution in [1.82, 2.24) is 20.4 Å². The SMILES string of the molecule is CC(C)(C)OC(=O)NCC(=O)N1CCC2(CC1)CCN(c1cccc3c1C(=O)N(C1CCC(=O)NC1=O)C3=O)CC2. The summed E-state index contributed by atoms with van der Waals surface area (Å²) in [7, 11) is 0. The number of carbonyl (C=O) groups is 6. The molecule has 0 bridgehead atoms. The van der Waals surface area contributed by atoms with E-state index in [1.165, 1.54) is 0 Å². The highest BCUT2D eigenvalue weighted by atomic mass is 16.6. The number of nitrogens with zero attached hydrogens (tertiary/aromatic N) is 3. The molecule has 4 heterocycles. The quantitative estimate of drug-likeness (QED) is 0.524. The first-order chi connectivity index (χ1) is 19.4. The summed E-state index contributed by atoms with van der Waals surface area (Å²) in [6, 6.07) is 4.22. The van der Waals surface area contributed by atoms with E-state index in [0.29, 0.717) is 37.4 Å². The minimum atomic E-state index is -0.996. The molecule has 3 fully saturated rings. The lowest BCUT2D eigenvalue weighted by atomic mass is 9.71. The zero-order valence-electron chi connectivity index (χ0n) is 23.8. The van der Waals surface area contributed by atoms with Crippen molar-refractivity contribution in [3.8, 4) is 0 Å². The smallest absolute Gasteiger partial charge is 0.408 e. The third kappa shape index (κ3) is 5.77. The summed E-state index contributed by atoms with van der Waals surface area (Å²) in [5.74, 6) is -2.16. The predicted molar refractivity (Wildman–Crippen MR) is 147 cm³/mol. The number of benzene rings is 1. The second-order valence-corrected chi connectivity index (χ2v) is 12.4. The van der Waals surface area contributed by atoms with Gasteiger partial charge in [0.15, 0.2) is 0 Å². The molecular formula is C29H37N5O7. The molecule has 3 saturated heterocycles. The highest BCUT2D eigenvalue weighted by molar-refractivity contribution is 6.25. The average molecular weight is 568 g/mol. The second kappa shape index (κ2) is 10.8. The molecule has 1 atom stereocenters. The van der Waals surface area contributed by atoms with Crippen LogP contribution in [-0.4, -0.2) is 89.8 Å². The summed E-state index contributed by atoms with van der Waals surface area (Å²) >= 11 is 0. The van der Waals surface area contributed by atoms with Gasteiger partial charge >= 0.3 is 6.09 Å². The van der Waals surface area contributed by atoms with E-state index in [-0.39, 0.29) is 36.3 Å². The Bertz CT molecular complexity index is 1280. The van der Waals surface area contributed by atoms with E-state index in [1.54, 1.807) is 37.8 Å². The van der Waals surface area contributed by atoms with Gasteiger partial charge in [-0.05, 0) is 70.4 Å². The zero-order chi connectivity index (χ0) is 29.5. The van der Waals surface area contributed by atoms with Crippen LogP contribution in [0.15, 0.2) is 18.2 Å². The number of piperidine rings is 3. The molecule has 5 rings (SSSR count). The molecule has 1 aromatic rings. The van der Waals surface area contributed by atoms with Crippen LogP contribution < -0.4 is 15.5 Å². The number of amides is 6. The van der Waals surface area contributed by atoms with Crippen molar-refractivity contribution >= 4 is 41.3 Å². The second-order valence-electron chi connectivity index (χ2n) is 12.4. The number of alkyl carbamates (subject to hydrolysis) is 1. The lowest BCUT2D eigenvalue weighted by Gasteiger charge is -2.47. The molecule has 4 aliphatic rings. The van der Waals surface area contributed by atoms with Crippen molar-refractivity contribution in [2.75, 3.05) is 37.6 Å². The molecule has 4 aliphatic heterocycles. The number of rotatable bonds is 4. The molecule has 0 radical (unpaired) electrons. The highest BCUT2D eigenvalue weighted by Gasteiger charge is 2.47. The number of ether oxygens (including phenoxy) is 1. The van der Waals surface area contributed by atoms with Crippen LogP contribution in [0.3, 0.4) is 0 Å². The molecule has 6 amide bonds. The van der Waals surface area contributed by atoms with Gasteiger partial charge in [-0.3, -0.25) is 34.2 Å². The van der Waals surface area contributed by atoms with Gasteiger partial charge in [0.2, 0.25) is 17.7 Å². The van der Waals surface area contributed by atoms with Crippen molar-refractivity contribution < 1.29 is 33.5 Å². The lowest BCUT2D eigenvalue weighted by molar-refractivity contribution is -0.136. The van der Waals surface area contributed by atoms with Crippen LogP contribution in [0.2, 0.25) is 0 Å². The van der Waals surface area contributed by atoms with Crippen LogP contribution in [0.1, 0.15) is 80.0 Å². The van der Waals surface area contributed by atoms with Gasteiger partial charge in [0, 0.05) is 32.6 Å². The molecule has 0 aliphatic carbocycles.